The summed E-state index contributed by atoms with van der Waals surface area (Å²) < 4.78 is 7.66. The fourth-order valence-corrected chi connectivity index (χ4v) is 2.28. The van der Waals surface area contributed by atoms with Crippen molar-refractivity contribution in [3.63, 3.8) is 0 Å². The number of aryl methyl sites for hydroxylation is 2. The number of ether oxygens (including phenoxy) is 1. The lowest BCUT2D eigenvalue weighted by Gasteiger charge is -2.08. The second kappa shape index (κ2) is 6.21. The molecule has 4 heteroatoms. The van der Waals surface area contributed by atoms with Gasteiger partial charge in [-0.2, -0.15) is 0 Å². The number of aromatic nitrogens is 2. The van der Waals surface area contributed by atoms with Crippen molar-refractivity contribution >= 4 is 22.6 Å². The number of rotatable bonds is 6. The van der Waals surface area contributed by atoms with E-state index in [1.807, 2.05) is 6.92 Å². The maximum Gasteiger partial charge on any atom is 0.111 e. The molecule has 0 aliphatic heterocycles. The standard InChI is InChI=1S/C14H19ClN2O/c1-3-18-9-8-17-13-10-11(2)4-5-12(13)16-14(17)6-7-15/h4-5,10H,3,6-9H2,1-2H3. The monoisotopic (exact) mass is 266 g/mol. The van der Waals surface area contributed by atoms with Crippen LogP contribution in [0.3, 0.4) is 0 Å². The SMILES string of the molecule is CCOCCn1c(CCCl)nc2ccc(C)cc21. The van der Waals surface area contributed by atoms with Gasteiger partial charge in [-0.15, -0.1) is 11.6 Å². The molecule has 0 aliphatic rings. The lowest BCUT2D eigenvalue weighted by atomic mass is 10.2. The third kappa shape index (κ3) is 2.85. The zero-order valence-electron chi connectivity index (χ0n) is 10.9. The van der Waals surface area contributed by atoms with Gasteiger partial charge in [0.25, 0.3) is 0 Å². The first-order chi connectivity index (χ1) is 8.76. The van der Waals surface area contributed by atoms with Crippen molar-refractivity contribution in [3.8, 4) is 0 Å². The molecule has 0 amide bonds. The largest absolute Gasteiger partial charge is 0.380 e. The van der Waals surface area contributed by atoms with Gasteiger partial charge in [-0.1, -0.05) is 6.07 Å². The molecule has 0 spiro atoms. The molecule has 0 bridgehead atoms. The minimum atomic E-state index is 0.594. The topological polar surface area (TPSA) is 27.1 Å². The summed E-state index contributed by atoms with van der Waals surface area (Å²) in [6.45, 7) is 6.40. The van der Waals surface area contributed by atoms with Gasteiger partial charge in [-0.25, -0.2) is 4.98 Å². The fraction of sp³-hybridized carbons (Fsp3) is 0.500. The Morgan fingerprint density at radius 1 is 1.39 bits per heavy atom. The van der Waals surface area contributed by atoms with Crippen LogP contribution in [-0.4, -0.2) is 28.6 Å². The Hall–Kier alpha value is -1.06. The Kier molecular flexibility index (Phi) is 4.61. The summed E-state index contributed by atoms with van der Waals surface area (Å²) in [4.78, 5) is 4.65. The first-order valence-corrected chi connectivity index (χ1v) is 6.89. The van der Waals surface area contributed by atoms with E-state index in [2.05, 4.69) is 34.7 Å². The fourth-order valence-electron chi connectivity index (χ4n) is 2.11. The number of fused-ring (bicyclic) bond motifs is 1. The molecule has 1 heterocycles. The van der Waals surface area contributed by atoms with Crippen LogP contribution in [0.5, 0.6) is 0 Å². The first-order valence-electron chi connectivity index (χ1n) is 6.35. The molecular weight excluding hydrogens is 248 g/mol. The number of nitrogens with zero attached hydrogens (tertiary/aromatic N) is 2. The maximum absolute atomic E-state index is 5.84. The zero-order valence-corrected chi connectivity index (χ0v) is 11.7. The summed E-state index contributed by atoms with van der Waals surface area (Å²) in [6, 6.07) is 6.33. The van der Waals surface area contributed by atoms with Crippen molar-refractivity contribution in [1.29, 1.82) is 0 Å². The van der Waals surface area contributed by atoms with E-state index in [9.17, 15) is 0 Å². The summed E-state index contributed by atoms with van der Waals surface area (Å²) in [5.41, 5.74) is 3.46. The van der Waals surface area contributed by atoms with Gasteiger partial charge in [0.05, 0.1) is 17.6 Å². The van der Waals surface area contributed by atoms with Crippen molar-refractivity contribution in [2.45, 2.75) is 26.8 Å². The van der Waals surface area contributed by atoms with Crippen LogP contribution in [-0.2, 0) is 17.7 Å². The highest BCUT2D eigenvalue weighted by Crippen LogP contribution is 2.18. The predicted molar refractivity (Wildman–Crippen MR) is 75.4 cm³/mol. The molecular formula is C14H19ClN2O. The summed E-state index contributed by atoms with van der Waals surface area (Å²) in [7, 11) is 0. The molecule has 0 radical (unpaired) electrons. The normalized spacial score (nSPS) is 11.3. The summed E-state index contributed by atoms with van der Waals surface area (Å²) >= 11 is 5.84. The molecule has 0 N–H and O–H groups in total. The summed E-state index contributed by atoms with van der Waals surface area (Å²) in [6.07, 6.45) is 0.793. The van der Waals surface area contributed by atoms with E-state index in [0.29, 0.717) is 12.5 Å². The Morgan fingerprint density at radius 3 is 2.94 bits per heavy atom. The van der Waals surface area contributed by atoms with Crippen LogP contribution in [0.15, 0.2) is 18.2 Å². The molecule has 3 nitrogen and oxygen atoms in total. The van der Waals surface area contributed by atoms with Gasteiger partial charge in [0, 0.05) is 25.5 Å². The first kappa shape index (κ1) is 13.4. The number of benzene rings is 1. The maximum atomic E-state index is 5.84. The summed E-state index contributed by atoms with van der Waals surface area (Å²) in [5, 5.41) is 0. The Morgan fingerprint density at radius 2 is 2.22 bits per heavy atom. The smallest absolute Gasteiger partial charge is 0.111 e. The van der Waals surface area contributed by atoms with Crippen molar-refractivity contribution in [2.24, 2.45) is 0 Å². The highest BCUT2D eigenvalue weighted by molar-refractivity contribution is 6.17. The van der Waals surface area contributed by atoms with E-state index in [-0.39, 0.29) is 0 Å². The van der Waals surface area contributed by atoms with E-state index < -0.39 is 0 Å². The van der Waals surface area contributed by atoms with E-state index in [4.69, 9.17) is 16.3 Å². The number of hydrogen-bond donors (Lipinski definition) is 0. The van der Waals surface area contributed by atoms with E-state index in [1.54, 1.807) is 0 Å². The third-order valence-corrected chi connectivity index (χ3v) is 3.15. The molecule has 0 saturated heterocycles. The lowest BCUT2D eigenvalue weighted by molar-refractivity contribution is 0.139. The molecule has 1 aromatic carbocycles. The second-order valence-electron chi connectivity index (χ2n) is 4.31. The van der Waals surface area contributed by atoms with E-state index in [1.165, 1.54) is 11.1 Å². The van der Waals surface area contributed by atoms with Gasteiger partial charge in [0.15, 0.2) is 0 Å². The minimum Gasteiger partial charge on any atom is -0.380 e. The van der Waals surface area contributed by atoms with Gasteiger partial charge in [-0.05, 0) is 31.5 Å². The number of hydrogen-bond acceptors (Lipinski definition) is 2. The zero-order chi connectivity index (χ0) is 13.0. The van der Waals surface area contributed by atoms with Crippen molar-refractivity contribution in [1.82, 2.24) is 9.55 Å². The van der Waals surface area contributed by atoms with Crippen molar-refractivity contribution in [3.05, 3.63) is 29.6 Å². The van der Waals surface area contributed by atoms with Crippen LogP contribution in [0.2, 0.25) is 0 Å². The highest BCUT2D eigenvalue weighted by Gasteiger charge is 2.10. The van der Waals surface area contributed by atoms with Crippen molar-refractivity contribution < 1.29 is 4.74 Å². The second-order valence-corrected chi connectivity index (χ2v) is 4.69. The highest BCUT2D eigenvalue weighted by atomic mass is 35.5. The number of halogens is 1. The molecule has 18 heavy (non-hydrogen) atoms. The molecule has 0 unspecified atom stereocenters. The van der Waals surface area contributed by atoms with Crippen LogP contribution < -0.4 is 0 Å². The quantitative estimate of drug-likeness (QED) is 0.593. The van der Waals surface area contributed by atoms with E-state index >= 15 is 0 Å². The number of alkyl halides is 1. The van der Waals surface area contributed by atoms with Gasteiger partial charge in [0.1, 0.15) is 5.82 Å². The molecule has 0 fully saturated rings. The molecule has 1 aromatic heterocycles. The minimum absolute atomic E-state index is 0.594. The Labute approximate surface area is 113 Å². The van der Waals surface area contributed by atoms with Crippen LogP contribution >= 0.6 is 11.6 Å². The van der Waals surface area contributed by atoms with Crippen LogP contribution in [0.1, 0.15) is 18.3 Å². The van der Waals surface area contributed by atoms with Crippen LogP contribution in [0.25, 0.3) is 11.0 Å². The number of imidazole rings is 1. The van der Waals surface area contributed by atoms with Crippen molar-refractivity contribution in [2.75, 3.05) is 19.1 Å². The molecule has 98 valence electrons. The predicted octanol–water partition coefficient (Wildman–Crippen LogP) is 3.16. The Bertz CT molecular complexity index is 522. The lowest BCUT2D eigenvalue weighted by Crippen LogP contribution is -2.10. The molecule has 2 aromatic rings. The molecule has 0 atom stereocenters. The van der Waals surface area contributed by atoms with Crippen LogP contribution in [0.4, 0.5) is 0 Å². The average Bonchev–Trinajstić information content (AvgIpc) is 2.68. The van der Waals surface area contributed by atoms with Gasteiger partial charge < -0.3 is 9.30 Å². The Balaban J connectivity index is 2.36. The molecule has 2 rings (SSSR count). The van der Waals surface area contributed by atoms with Gasteiger partial charge in [-0.3, -0.25) is 0 Å². The molecule has 0 aliphatic carbocycles. The summed E-state index contributed by atoms with van der Waals surface area (Å²) in [5.74, 6) is 1.64. The van der Waals surface area contributed by atoms with E-state index in [0.717, 1.165) is 30.9 Å². The molecule has 0 saturated carbocycles. The van der Waals surface area contributed by atoms with Gasteiger partial charge in [0.2, 0.25) is 0 Å². The van der Waals surface area contributed by atoms with Crippen LogP contribution in [0, 0.1) is 6.92 Å². The van der Waals surface area contributed by atoms with Gasteiger partial charge >= 0.3 is 0 Å². The average molecular weight is 267 g/mol. The third-order valence-electron chi connectivity index (χ3n) is 2.96.